The molecule has 4 nitrogen and oxygen atoms in total. The fraction of sp³-hybridized carbons (Fsp3) is 0.893. The molecule has 4 aliphatic rings. The second-order valence-corrected chi connectivity index (χ2v) is 12.8. The predicted molar refractivity (Wildman–Crippen MR) is 127 cm³/mol. The molecule has 0 aliphatic heterocycles. The van der Waals surface area contributed by atoms with Crippen molar-refractivity contribution in [1.82, 2.24) is 0 Å². The average molecular weight is 447 g/mol. The van der Waals surface area contributed by atoms with Gasteiger partial charge in [-0.2, -0.15) is 0 Å². The number of Topliss-reactive ketones (excluding diaryl/α,β-unsaturated/α-hetero) is 1. The van der Waals surface area contributed by atoms with Gasteiger partial charge in [0.15, 0.2) is 5.78 Å². The molecule has 0 radical (unpaired) electrons. The summed E-state index contributed by atoms with van der Waals surface area (Å²) in [6.07, 6.45) is 5.81. The Morgan fingerprint density at radius 3 is 2.47 bits per heavy atom. The minimum absolute atomic E-state index is 0.0734. The van der Waals surface area contributed by atoms with E-state index in [1.807, 2.05) is 6.92 Å². The molecule has 0 bridgehead atoms. The number of ketones is 1. The number of hydrogen-bond donors (Lipinski definition) is 3. The van der Waals surface area contributed by atoms with E-state index in [2.05, 4.69) is 34.3 Å². The molecular weight excluding hydrogens is 400 g/mol. The highest BCUT2D eigenvalue weighted by atomic mass is 16.3. The monoisotopic (exact) mass is 446 g/mol. The van der Waals surface area contributed by atoms with E-state index in [1.165, 1.54) is 18.4 Å². The Morgan fingerprint density at radius 2 is 1.81 bits per heavy atom. The maximum atomic E-state index is 13.4. The van der Waals surface area contributed by atoms with Gasteiger partial charge in [-0.25, -0.2) is 0 Å². The molecule has 0 amide bonds. The zero-order valence-corrected chi connectivity index (χ0v) is 20.9. The van der Waals surface area contributed by atoms with Crippen molar-refractivity contribution in [3.8, 4) is 0 Å². The van der Waals surface area contributed by atoms with Crippen molar-refractivity contribution >= 4 is 5.78 Å². The van der Waals surface area contributed by atoms with Crippen LogP contribution in [0, 0.1) is 46.3 Å². The molecule has 10 atom stereocenters. The summed E-state index contributed by atoms with van der Waals surface area (Å²) in [4.78, 5) is 13.4. The largest absolute Gasteiger partial charge is 0.393 e. The maximum Gasteiger partial charge on any atom is 0.165 e. The lowest BCUT2D eigenvalue weighted by molar-refractivity contribution is -0.245. The van der Waals surface area contributed by atoms with E-state index in [1.54, 1.807) is 0 Å². The van der Waals surface area contributed by atoms with Gasteiger partial charge in [0.1, 0.15) is 5.60 Å². The summed E-state index contributed by atoms with van der Waals surface area (Å²) < 4.78 is 0. The summed E-state index contributed by atoms with van der Waals surface area (Å²) in [5, 5.41) is 32.9. The van der Waals surface area contributed by atoms with E-state index in [-0.39, 0.29) is 35.9 Å². The number of fused-ring (bicyclic) bond motifs is 5. The van der Waals surface area contributed by atoms with Gasteiger partial charge in [0.2, 0.25) is 0 Å². The van der Waals surface area contributed by atoms with Crippen molar-refractivity contribution in [3.63, 3.8) is 0 Å². The number of carbonyl (C=O) groups is 1. The van der Waals surface area contributed by atoms with Gasteiger partial charge in [0, 0.05) is 24.7 Å². The van der Waals surface area contributed by atoms with E-state index < -0.39 is 23.2 Å². The number of aliphatic hydroxyl groups is 3. The molecule has 182 valence electrons. The van der Waals surface area contributed by atoms with E-state index in [4.69, 9.17) is 0 Å². The first-order valence-electron chi connectivity index (χ1n) is 13.2. The van der Waals surface area contributed by atoms with Crippen LogP contribution in [0.2, 0.25) is 0 Å². The molecule has 3 unspecified atom stereocenters. The molecule has 4 rings (SSSR count). The SMILES string of the molecule is C=C(CC[C@@H](C)[C@H]1CCC2C3CC(=O)[C@@]4(O)C[C@@H](O)C[C@H](O)[C@]4(C)C3CC[C@@]21C)C(C)C. The van der Waals surface area contributed by atoms with E-state index in [9.17, 15) is 20.1 Å². The first-order chi connectivity index (χ1) is 14.9. The van der Waals surface area contributed by atoms with Crippen LogP contribution in [0.4, 0.5) is 0 Å². The first kappa shape index (κ1) is 24.4. The third-order valence-corrected chi connectivity index (χ3v) is 11.2. The van der Waals surface area contributed by atoms with Gasteiger partial charge < -0.3 is 15.3 Å². The summed E-state index contributed by atoms with van der Waals surface area (Å²) in [5.41, 5.74) is -0.877. The predicted octanol–water partition coefficient (Wildman–Crippen LogP) is 4.90. The Balaban J connectivity index is 1.57. The lowest BCUT2D eigenvalue weighted by Crippen LogP contribution is -2.71. The van der Waals surface area contributed by atoms with Crippen LogP contribution in [-0.2, 0) is 4.79 Å². The molecule has 0 aromatic carbocycles. The third kappa shape index (κ3) is 3.38. The summed E-state index contributed by atoms with van der Waals surface area (Å²) in [6, 6.07) is 0. The molecule has 0 heterocycles. The highest BCUT2D eigenvalue weighted by molar-refractivity contribution is 5.90. The highest BCUT2D eigenvalue weighted by Crippen LogP contribution is 2.68. The Morgan fingerprint density at radius 1 is 1.12 bits per heavy atom. The van der Waals surface area contributed by atoms with Crippen LogP contribution in [0.3, 0.4) is 0 Å². The Kier molecular flexibility index (Phi) is 6.26. The fourth-order valence-electron chi connectivity index (χ4n) is 8.97. The van der Waals surface area contributed by atoms with Crippen LogP contribution in [0.25, 0.3) is 0 Å². The highest BCUT2D eigenvalue weighted by Gasteiger charge is 2.70. The fourth-order valence-corrected chi connectivity index (χ4v) is 8.97. The zero-order valence-electron chi connectivity index (χ0n) is 20.9. The smallest absolute Gasteiger partial charge is 0.165 e. The van der Waals surface area contributed by atoms with Crippen molar-refractivity contribution in [2.24, 2.45) is 46.3 Å². The molecule has 0 aromatic rings. The Labute approximate surface area is 194 Å². The standard InChI is InChI=1S/C28H46O4/c1-16(2)17(3)7-8-18(4)21-9-10-22-20-14-25(31)28(32)15-19(29)13-24(30)27(28,6)23(20)11-12-26(21,22)5/h16,18-24,29-30,32H,3,7-15H2,1-2,4-6H3/t18-,19+,20?,21-,22?,23?,24+,26-,27+,28+/m1/s1. The molecule has 4 aliphatic carbocycles. The number of aliphatic hydroxyl groups excluding tert-OH is 2. The van der Waals surface area contributed by atoms with Crippen LogP contribution >= 0.6 is 0 Å². The van der Waals surface area contributed by atoms with Gasteiger partial charge in [0.05, 0.1) is 12.2 Å². The van der Waals surface area contributed by atoms with E-state index in [0.717, 1.165) is 25.7 Å². The molecular formula is C28H46O4. The van der Waals surface area contributed by atoms with Crippen molar-refractivity contribution < 1.29 is 20.1 Å². The van der Waals surface area contributed by atoms with Crippen molar-refractivity contribution in [3.05, 3.63) is 12.2 Å². The molecule has 0 aromatic heterocycles. The van der Waals surface area contributed by atoms with Crippen molar-refractivity contribution in [1.29, 1.82) is 0 Å². The lowest BCUT2D eigenvalue weighted by Gasteiger charge is -2.64. The molecule has 0 saturated heterocycles. The lowest BCUT2D eigenvalue weighted by atomic mass is 9.42. The number of rotatable bonds is 5. The van der Waals surface area contributed by atoms with E-state index >= 15 is 0 Å². The van der Waals surface area contributed by atoms with Gasteiger partial charge in [-0.3, -0.25) is 4.79 Å². The number of carbonyl (C=O) groups excluding carboxylic acids is 1. The normalized spacial score (nSPS) is 49.3. The Hall–Kier alpha value is -0.710. The molecule has 3 N–H and O–H groups in total. The second-order valence-electron chi connectivity index (χ2n) is 12.8. The topological polar surface area (TPSA) is 77.8 Å². The van der Waals surface area contributed by atoms with Gasteiger partial charge in [-0.05, 0) is 79.4 Å². The quantitative estimate of drug-likeness (QED) is 0.525. The third-order valence-electron chi connectivity index (χ3n) is 11.2. The van der Waals surface area contributed by atoms with Crippen LogP contribution in [0.5, 0.6) is 0 Å². The van der Waals surface area contributed by atoms with E-state index in [0.29, 0.717) is 30.1 Å². The second kappa shape index (κ2) is 8.20. The van der Waals surface area contributed by atoms with Gasteiger partial charge in [0.25, 0.3) is 0 Å². The maximum absolute atomic E-state index is 13.4. The molecule has 4 fully saturated rings. The van der Waals surface area contributed by atoms with Crippen LogP contribution < -0.4 is 0 Å². The van der Waals surface area contributed by atoms with Gasteiger partial charge >= 0.3 is 0 Å². The van der Waals surface area contributed by atoms with Crippen molar-refractivity contribution in [2.75, 3.05) is 0 Å². The summed E-state index contributed by atoms with van der Waals surface area (Å²) in [5.74, 6) is 2.55. The number of hydrogen-bond acceptors (Lipinski definition) is 4. The average Bonchev–Trinajstić information content (AvgIpc) is 3.06. The van der Waals surface area contributed by atoms with Crippen LogP contribution in [0.1, 0.15) is 92.4 Å². The van der Waals surface area contributed by atoms with Crippen LogP contribution in [-0.4, -0.2) is 38.9 Å². The van der Waals surface area contributed by atoms with Gasteiger partial charge in [-0.15, -0.1) is 0 Å². The van der Waals surface area contributed by atoms with Crippen LogP contribution in [0.15, 0.2) is 12.2 Å². The molecule has 4 heteroatoms. The minimum atomic E-state index is -1.60. The number of allylic oxidation sites excluding steroid dienone is 1. The first-order valence-corrected chi connectivity index (χ1v) is 13.2. The summed E-state index contributed by atoms with van der Waals surface area (Å²) in [7, 11) is 0. The zero-order chi connectivity index (χ0) is 23.6. The molecule has 4 saturated carbocycles. The summed E-state index contributed by atoms with van der Waals surface area (Å²) >= 11 is 0. The Bertz CT molecular complexity index is 761. The molecule has 0 spiro atoms. The minimum Gasteiger partial charge on any atom is -0.393 e. The van der Waals surface area contributed by atoms with Gasteiger partial charge in [-0.1, -0.05) is 46.8 Å². The molecule has 32 heavy (non-hydrogen) atoms. The summed E-state index contributed by atoms with van der Waals surface area (Å²) in [6.45, 7) is 15.5. The van der Waals surface area contributed by atoms with Crippen molar-refractivity contribution in [2.45, 2.75) is 110 Å².